The molecule has 3 N–H and O–H groups in total. The van der Waals surface area contributed by atoms with Gasteiger partial charge in [-0.2, -0.15) is 0 Å². The maximum Gasteiger partial charge on any atom is 0.240 e. The van der Waals surface area contributed by atoms with Crippen LogP contribution in [0, 0.1) is 5.82 Å². The number of hydrogen-bond donors (Lipinski definition) is 2. The molecule has 6 heteroatoms. The second-order valence-electron chi connectivity index (χ2n) is 4.09. The largest absolute Gasteiger partial charge is 0.350 e. The van der Waals surface area contributed by atoms with E-state index in [0.717, 1.165) is 18.4 Å². The summed E-state index contributed by atoms with van der Waals surface area (Å²) in [7, 11) is 0. The molecular weight excluding hydrogens is 266 g/mol. The Balaban J connectivity index is 0.00000144. The standard InChI is InChI=1S/C11H12ClFN2O.ClH/c12-8-5-7(1-2-9(8)13)6-15-10(16)11(14)3-4-11;/h1-2,5H,3-4,6,14H2,(H,15,16);1H. The summed E-state index contributed by atoms with van der Waals surface area (Å²) in [5.41, 5.74) is 5.79. The third-order valence-corrected chi connectivity index (χ3v) is 2.97. The summed E-state index contributed by atoms with van der Waals surface area (Å²) in [5.74, 6) is -0.623. The van der Waals surface area contributed by atoms with Crippen LogP contribution in [-0.4, -0.2) is 11.4 Å². The first-order valence-corrected chi connectivity index (χ1v) is 5.40. The van der Waals surface area contributed by atoms with E-state index in [9.17, 15) is 9.18 Å². The number of amides is 1. The molecule has 0 aromatic heterocycles. The summed E-state index contributed by atoms with van der Waals surface area (Å²) in [6, 6.07) is 4.35. The maximum atomic E-state index is 12.9. The smallest absolute Gasteiger partial charge is 0.240 e. The van der Waals surface area contributed by atoms with Gasteiger partial charge in [-0.15, -0.1) is 12.4 Å². The van der Waals surface area contributed by atoms with E-state index >= 15 is 0 Å². The molecule has 0 heterocycles. The third-order valence-electron chi connectivity index (χ3n) is 2.68. The Bertz CT molecular complexity index is 435. The van der Waals surface area contributed by atoms with Crippen LogP contribution < -0.4 is 11.1 Å². The molecule has 1 aromatic rings. The molecular formula is C11H13Cl2FN2O. The molecule has 1 saturated carbocycles. The van der Waals surface area contributed by atoms with Crippen molar-refractivity contribution < 1.29 is 9.18 Å². The van der Waals surface area contributed by atoms with Crippen molar-refractivity contribution in [3.8, 4) is 0 Å². The van der Waals surface area contributed by atoms with E-state index in [4.69, 9.17) is 17.3 Å². The van der Waals surface area contributed by atoms with E-state index in [2.05, 4.69) is 5.32 Å². The predicted molar refractivity (Wildman–Crippen MR) is 66.7 cm³/mol. The van der Waals surface area contributed by atoms with E-state index in [1.54, 1.807) is 6.07 Å². The monoisotopic (exact) mass is 278 g/mol. The van der Waals surface area contributed by atoms with Crippen molar-refractivity contribution in [2.24, 2.45) is 5.73 Å². The second-order valence-corrected chi connectivity index (χ2v) is 4.49. The van der Waals surface area contributed by atoms with Gasteiger partial charge in [-0.25, -0.2) is 4.39 Å². The van der Waals surface area contributed by atoms with Crippen LogP contribution in [-0.2, 0) is 11.3 Å². The summed E-state index contributed by atoms with van der Waals surface area (Å²) in [5, 5.41) is 2.76. The summed E-state index contributed by atoms with van der Waals surface area (Å²) in [6.07, 6.45) is 1.45. The van der Waals surface area contributed by atoms with Crippen molar-refractivity contribution in [2.45, 2.75) is 24.9 Å². The van der Waals surface area contributed by atoms with Crippen molar-refractivity contribution in [1.29, 1.82) is 0 Å². The molecule has 0 saturated heterocycles. The topological polar surface area (TPSA) is 55.1 Å². The number of benzene rings is 1. The van der Waals surface area contributed by atoms with Crippen molar-refractivity contribution in [1.82, 2.24) is 5.32 Å². The number of carbonyl (C=O) groups is 1. The lowest BCUT2D eigenvalue weighted by molar-refractivity contribution is -0.123. The lowest BCUT2D eigenvalue weighted by Crippen LogP contribution is -2.42. The first-order valence-electron chi connectivity index (χ1n) is 5.02. The molecule has 0 spiro atoms. The lowest BCUT2D eigenvalue weighted by atomic mass is 10.2. The molecule has 1 aromatic carbocycles. The summed E-state index contributed by atoms with van der Waals surface area (Å²) < 4.78 is 12.9. The Morgan fingerprint density at radius 3 is 2.71 bits per heavy atom. The number of nitrogens with one attached hydrogen (secondary N) is 1. The molecule has 0 unspecified atom stereocenters. The molecule has 1 aliphatic carbocycles. The quantitative estimate of drug-likeness (QED) is 0.889. The van der Waals surface area contributed by atoms with Crippen LogP contribution in [0.2, 0.25) is 5.02 Å². The number of carbonyl (C=O) groups excluding carboxylic acids is 1. The van der Waals surface area contributed by atoms with Crippen LogP contribution in [0.4, 0.5) is 4.39 Å². The molecule has 0 bridgehead atoms. The van der Waals surface area contributed by atoms with E-state index in [1.807, 2.05) is 0 Å². The van der Waals surface area contributed by atoms with Gasteiger partial charge >= 0.3 is 0 Å². The molecule has 1 fully saturated rings. The highest BCUT2D eigenvalue weighted by Gasteiger charge is 2.45. The highest BCUT2D eigenvalue weighted by molar-refractivity contribution is 6.30. The average molecular weight is 279 g/mol. The zero-order chi connectivity index (χ0) is 11.8. The van der Waals surface area contributed by atoms with Crippen LogP contribution in [0.1, 0.15) is 18.4 Å². The van der Waals surface area contributed by atoms with Gasteiger partial charge in [0.2, 0.25) is 5.91 Å². The van der Waals surface area contributed by atoms with E-state index < -0.39 is 11.4 Å². The minimum atomic E-state index is -0.677. The van der Waals surface area contributed by atoms with Gasteiger partial charge in [0.15, 0.2) is 0 Å². The normalized spacial score (nSPS) is 15.9. The van der Waals surface area contributed by atoms with Gasteiger partial charge in [-0.3, -0.25) is 4.79 Å². The van der Waals surface area contributed by atoms with Crippen LogP contribution in [0.25, 0.3) is 0 Å². The second kappa shape index (κ2) is 5.21. The maximum absolute atomic E-state index is 12.9. The van der Waals surface area contributed by atoms with E-state index in [1.165, 1.54) is 12.1 Å². The highest BCUT2D eigenvalue weighted by atomic mass is 35.5. The van der Waals surface area contributed by atoms with Gasteiger partial charge in [0.25, 0.3) is 0 Å². The summed E-state index contributed by atoms with van der Waals surface area (Å²) in [4.78, 5) is 11.5. The van der Waals surface area contributed by atoms with Crippen molar-refractivity contribution in [2.75, 3.05) is 0 Å². The minimum Gasteiger partial charge on any atom is -0.350 e. The number of rotatable bonds is 3. The lowest BCUT2D eigenvalue weighted by Gasteiger charge is -2.10. The Labute approximate surface area is 110 Å². The first kappa shape index (κ1) is 14.2. The zero-order valence-electron chi connectivity index (χ0n) is 9.00. The molecule has 94 valence electrons. The summed E-state index contributed by atoms with van der Waals surface area (Å²) >= 11 is 5.62. The van der Waals surface area contributed by atoms with Crippen molar-refractivity contribution in [3.05, 3.63) is 34.6 Å². The molecule has 17 heavy (non-hydrogen) atoms. The van der Waals surface area contributed by atoms with Crippen LogP contribution in [0.3, 0.4) is 0 Å². The van der Waals surface area contributed by atoms with Crippen molar-refractivity contribution >= 4 is 29.9 Å². The fraction of sp³-hybridized carbons (Fsp3) is 0.364. The number of hydrogen-bond acceptors (Lipinski definition) is 2. The molecule has 0 aliphatic heterocycles. The minimum absolute atomic E-state index is 0. The van der Waals surface area contributed by atoms with Crippen LogP contribution >= 0.6 is 24.0 Å². The Morgan fingerprint density at radius 2 is 2.18 bits per heavy atom. The zero-order valence-corrected chi connectivity index (χ0v) is 10.6. The molecule has 1 amide bonds. The van der Waals surface area contributed by atoms with Gasteiger partial charge in [0.1, 0.15) is 5.82 Å². The first-order chi connectivity index (χ1) is 7.51. The highest BCUT2D eigenvalue weighted by Crippen LogP contribution is 2.32. The van der Waals surface area contributed by atoms with Gasteiger partial charge in [-0.05, 0) is 30.5 Å². The van der Waals surface area contributed by atoms with Gasteiger partial charge in [-0.1, -0.05) is 17.7 Å². The van der Waals surface area contributed by atoms with Crippen LogP contribution in [0.5, 0.6) is 0 Å². The van der Waals surface area contributed by atoms with E-state index in [-0.39, 0.29) is 23.3 Å². The number of nitrogens with two attached hydrogens (primary N) is 1. The molecule has 0 atom stereocenters. The Morgan fingerprint density at radius 1 is 1.53 bits per heavy atom. The molecule has 3 nitrogen and oxygen atoms in total. The molecule has 0 radical (unpaired) electrons. The fourth-order valence-corrected chi connectivity index (χ4v) is 1.57. The van der Waals surface area contributed by atoms with Gasteiger partial charge < -0.3 is 11.1 Å². The Kier molecular flexibility index (Phi) is 4.36. The summed E-state index contributed by atoms with van der Waals surface area (Å²) in [6.45, 7) is 0.317. The van der Waals surface area contributed by atoms with Crippen molar-refractivity contribution in [3.63, 3.8) is 0 Å². The molecule has 1 aliphatic rings. The predicted octanol–water partition coefficient (Wildman–Crippen LogP) is 2.01. The third kappa shape index (κ3) is 3.31. The van der Waals surface area contributed by atoms with E-state index in [0.29, 0.717) is 6.54 Å². The SMILES string of the molecule is Cl.NC1(C(=O)NCc2ccc(F)c(Cl)c2)CC1. The Hall–Kier alpha value is -0.840. The number of halogens is 3. The molecule has 2 rings (SSSR count). The van der Waals surface area contributed by atoms with Crippen LogP contribution in [0.15, 0.2) is 18.2 Å². The van der Waals surface area contributed by atoms with Gasteiger partial charge in [0.05, 0.1) is 10.6 Å². The fourth-order valence-electron chi connectivity index (χ4n) is 1.37. The van der Waals surface area contributed by atoms with Gasteiger partial charge in [0, 0.05) is 6.54 Å². The average Bonchev–Trinajstić information content (AvgIpc) is 2.99.